The summed E-state index contributed by atoms with van der Waals surface area (Å²) < 4.78 is 0. The van der Waals surface area contributed by atoms with Crippen LogP contribution in [0.1, 0.15) is 5.56 Å². The van der Waals surface area contributed by atoms with Crippen LogP contribution in [0.4, 0.5) is 28.8 Å². The third kappa shape index (κ3) is 3.40. The number of hydrogen-bond acceptors (Lipinski definition) is 8. The number of pyridine rings is 2. The molecule has 0 aliphatic carbocycles. The Hall–Kier alpha value is -3.62. The van der Waals surface area contributed by atoms with Gasteiger partial charge in [-0.3, -0.25) is 15.1 Å². The Kier molecular flexibility index (Phi) is 4.23. The summed E-state index contributed by atoms with van der Waals surface area (Å²) in [5.74, 6) is 0.574. The van der Waals surface area contributed by atoms with E-state index in [4.69, 9.17) is 0 Å². The minimum atomic E-state index is -0.546. The van der Waals surface area contributed by atoms with E-state index in [0.717, 1.165) is 5.56 Å². The van der Waals surface area contributed by atoms with Crippen molar-refractivity contribution in [2.75, 3.05) is 10.6 Å². The first-order valence-corrected chi connectivity index (χ1v) is 6.99. The molecule has 0 amide bonds. The molecule has 0 fully saturated rings. The topological polar surface area (TPSA) is 119 Å². The minimum Gasteiger partial charge on any atom is -0.333 e. The van der Waals surface area contributed by atoms with E-state index in [2.05, 4.69) is 30.6 Å². The average Bonchev–Trinajstić information content (AvgIpc) is 2.58. The number of rotatable bonds is 5. The molecule has 0 aliphatic heterocycles. The second-order valence-corrected chi connectivity index (χ2v) is 4.89. The quantitative estimate of drug-likeness (QED) is 0.543. The standard InChI is InChI=1S/C15H13N7O2/c1-10-4-5-12(17-7-10)21-15-13(22(23)24)14(18-9-19-15)20-11-3-2-6-16-8-11/h2-9H,1H3,(H2,17,18,19,20,21). The summed E-state index contributed by atoms with van der Waals surface area (Å²) in [5, 5.41) is 17.2. The van der Waals surface area contributed by atoms with Crippen molar-refractivity contribution in [1.29, 1.82) is 0 Å². The summed E-state index contributed by atoms with van der Waals surface area (Å²) in [7, 11) is 0. The smallest absolute Gasteiger partial charge is 0.333 e. The molecule has 3 heterocycles. The van der Waals surface area contributed by atoms with Gasteiger partial charge in [0, 0.05) is 12.4 Å². The molecule has 24 heavy (non-hydrogen) atoms. The maximum Gasteiger partial charge on any atom is 0.353 e. The van der Waals surface area contributed by atoms with Gasteiger partial charge in [0.25, 0.3) is 0 Å². The van der Waals surface area contributed by atoms with Crippen LogP contribution >= 0.6 is 0 Å². The third-order valence-electron chi connectivity index (χ3n) is 3.09. The predicted octanol–water partition coefficient (Wildman–Crippen LogP) is 2.97. The number of aryl methyl sites for hydroxylation is 1. The summed E-state index contributed by atoms with van der Waals surface area (Å²) >= 11 is 0. The zero-order chi connectivity index (χ0) is 16.9. The lowest BCUT2D eigenvalue weighted by molar-refractivity contribution is -0.383. The monoisotopic (exact) mass is 323 g/mol. The summed E-state index contributed by atoms with van der Waals surface area (Å²) in [4.78, 5) is 27.0. The predicted molar refractivity (Wildman–Crippen MR) is 88.5 cm³/mol. The highest BCUT2D eigenvalue weighted by atomic mass is 16.6. The first-order chi connectivity index (χ1) is 11.6. The Bertz CT molecular complexity index is 853. The van der Waals surface area contributed by atoms with Gasteiger partial charge in [-0.1, -0.05) is 6.07 Å². The molecule has 0 saturated carbocycles. The fourth-order valence-electron chi connectivity index (χ4n) is 1.97. The van der Waals surface area contributed by atoms with Crippen LogP contribution in [0.25, 0.3) is 0 Å². The SMILES string of the molecule is Cc1ccc(Nc2ncnc(Nc3cccnc3)c2[N+](=O)[O-])nc1. The molecule has 3 aromatic rings. The highest BCUT2D eigenvalue weighted by Gasteiger charge is 2.23. The summed E-state index contributed by atoms with van der Waals surface area (Å²) in [6, 6.07) is 7.00. The number of nitrogens with one attached hydrogen (secondary N) is 2. The van der Waals surface area contributed by atoms with E-state index in [1.165, 1.54) is 6.33 Å². The molecule has 0 aromatic carbocycles. The molecule has 120 valence electrons. The second kappa shape index (κ2) is 6.65. The number of nitro groups is 1. The molecule has 0 unspecified atom stereocenters. The Morgan fingerprint density at radius 1 is 1.04 bits per heavy atom. The van der Waals surface area contributed by atoms with Crippen molar-refractivity contribution in [3.8, 4) is 0 Å². The van der Waals surface area contributed by atoms with E-state index >= 15 is 0 Å². The summed E-state index contributed by atoms with van der Waals surface area (Å²) in [6.45, 7) is 1.90. The second-order valence-electron chi connectivity index (χ2n) is 4.89. The van der Waals surface area contributed by atoms with Crippen molar-refractivity contribution in [2.24, 2.45) is 0 Å². The number of aromatic nitrogens is 4. The molecule has 9 heteroatoms. The molecule has 2 N–H and O–H groups in total. The Morgan fingerprint density at radius 3 is 2.46 bits per heavy atom. The maximum atomic E-state index is 11.5. The van der Waals surface area contributed by atoms with E-state index in [9.17, 15) is 10.1 Å². The van der Waals surface area contributed by atoms with Crippen LogP contribution in [-0.4, -0.2) is 24.9 Å². The van der Waals surface area contributed by atoms with Crippen LogP contribution in [0.3, 0.4) is 0 Å². The van der Waals surface area contributed by atoms with E-state index < -0.39 is 4.92 Å². The molecule has 0 aliphatic rings. The minimum absolute atomic E-state index is 0.0535. The third-order valence-corrected chi connectivity index (χ3v) is 3.09. The largest absolute Gasteiger partial charge is 0.353 e. The molecular formula is C15H13N7O2. The molecule has 3 rings (SSSR count). The van der Waals surface area contributed by atoms with E-state index in [-0.39, 0.29) is 17.3 Å². The summed E-state index contributed by atoms with van der Waals surface area (Å²) in [5.41, 5.74) is 1.29. The number of anilines is 4. The van der Waals surface area contributed by atoms with Crippen molar-refractivity contribution in [3.63, 3.8) is 0 Å². The highest BCUT2D eigenvalue weighted by Crippen LogP contribution is 2.32. The van der Waals surface area contributed by atoms with Crippen molar-refractivity contribution in [3.05, 3.63) is 64.9 Å². The number of hydrogen-bond donors (Lipinski definition) is 2. The molecule has 3 aromatic heterocycles. The van der Waals surface area contributed by atoms with Crippen molar-refractivity contribution in [2.45, 2.75) is 6.92 Å². The highest BCUT2D eigenvalue weighted by molar-refractivity contribution is 5.75. The van der Waals surface area contributed by atoms with E-state index in [1.807, 2.05) is 13.0 Å². The fraction of sp³-hybridized carbons (Fsp3) is 0.0667. The van der Waals surface area contributed by atoms with Gasteiger partial charge >= 0.3 is 5.69 Å². The number of nitrogens with zero attached hydrogens (tertiary/aromatic N) is 5. The van der Waals surface area contributed by atoms with Crippen molar-refractivity contribution >= 4 is 28.8 Å². The lowest BCUT2D eigenvalue weighted by Gasteiger charge is -2.09. The molecule has 0 bridgehead atoms. The molecule has 0 radical (unpaired) electrons. The van der Waals surface area contributed by atoms with Crippen LogP contribution in [0.5, 0.6) is 0 Å². The van der Waals surface area contributed by atoms with Crippen LogP contribution in [0.2, 0.25) is 0 Å². The molecule has 0 saturated heterocycles. The van der Waals surface area contributed by atoms with Crippen molar-refractivity contribution in [1.82, 2.24) is 19.9 Å². The van der Waals surface area contributed by atoms with Gasteiger partial charge in [0.1, 0.15) is 12.1 Å². The van der Waals surface area contributed by atoms with Gasteiger partial charge in [0.2, 0.25) is 11.6 Å². The lowest BCUT2D eigenvalue weighted by Crippen LogP contribution is -2.06. The van der Waals surface area contributed by atoms with Crippen LogP contribution in [0.15, 0.2) is 49.2 Å². The van der Waals surface area contributed by atoms with Crippen molar-refractivity contribution < 1.29 is 4.92 Å². The Morgan fingerprint density at radius 2 is 1.83 bits per heavy atom. The molecular weight excluding hydrogens is 310 g/mol. The fourth-order valence-corrected chi connectivity index (χ4v) is 1.97. The van der Waals surface area contributed by atoms with Crippen LogP contribution in [0, 0.1) is 17.0 Å². The first-order valence-electron chi connectivity index (χ1n) is 6.99. The normalized spacial score (nSPS) is 10.2. The first kappa shape index (κ1) is 15.3. The van der Waals surface area contributed by atoms with Crippen LogP contribution < -0.4 is 10.6 Å². The van der Waals surface area contributed by atoms with Gasteiger partial charge < -0.3 is 10.6 Å². The van der Waals surface area contributed by atoms with E-state index in [1.54, 1.807) is 36.8 Å². The lowest BCUT2D eigenvalue weighted by atomic mass is 10.3. The molecule has 9 nitrogen and oxygen atoms in total. The zero-order valence-electron chi connectivity index (χ0n) is 12.7. The molecule has 0 atom stereocenters. The van der Waals surface area contributed by atoms with Gasteiger partial charge in [-0.25, -0.2) is 15.0 Å². The summed E-state index contributed by atoms with van der Waals surface area (Å²) in [6.07, 6.45) is 6.04. The van der Waals surface area contributed by atoms with Crippen LogP contribution in [-0.2, 0) is 0 Å². The maximum absolute atomic E-state index is 11.5. The van der Waals surface area contributed by atoms with Gasteiger partial charge in [-0.15, -0.1) is 0 Å². The van der Waals surface area contributed by atoms with Gasteiger partial charge in [-0.2, -0.15) is 0 Å². The Balaban J connectivity index is 1.96. The average molecular weight is 323 g/mol. The molecule has 0 spiro atoms. The van der Waals surface area contributed by atoms with E-state index in [0.29, 0.717) is 11.5 Å². The van der Waals surface area contributed by atoms with Gasteiger partial charge in [0.05, 0.1) is 16.8 Å². The zero-order valence-corrected chi connectivity index (χ0v) is 12.7. The van der Waals surface area contributed by atoms with Gasteiger partial charge in [0.15, 0.2) is 0 Å². The van der Waals surface area contributed by atoms with Gasteiger partial charge in [-0.05, 0) is 30.7 Å². The Labute approximate surface area is 137 Å².